The summed E-state index contributed by atoms with van der Waals surface area (Å²) in [4.78, 5) is 23.6. The van der Waals surface area contributed by atoms with E-state index in [0.717, 1.165) is 22.6 Å². The van der Waals surface area contributed by atoms with Crippen molar-refractivity contribution in [2.45, 2.75) is 32.3 Å². The van der Waals surface area contributed by atoms with E-state index in [4.69, 9.17) is 11.6 Å². The van der Waals surface area contributed by atoms with Crippen LogP contribution in [0.1, 0.15) is 40.2 Å². The zero-order valence-corrected chi connectivity index (χ0v) is 18.4. The van der Waals surface area contributed by atoms with Crippen LogP contribution in [-0.2, 0) is 5.60 Å². The molecule has 0 spiro atoms. The molecular formula is C24H25ClN4O2. The first kappa shape index (κ1) is 21.3. The van der Waals surface area contributed by atoms with Crippen LogP contribution in [0.4, 0.5) is 11.6 Å². The van der Waals surface area contributed by atoms with Gasteiger partial charge < -0.3 is 15.3 Å². The van der Waals surface area contributed by atoms with Gasteiger partial charge in [-0.25, -0.2) is 9.97 Å². The van der Waals surface area contributed by atoms with Gasteiger partial charge in [0.2, 0.25) is 5.95 Å². The Bertz CT molecular complexity index is 1070. The minimum absolute atomic E-state index is 0.0526. The highest BCUT2D eigenvalue weighted by Gasteiger charge is 2.35. The lowest BCUT2D eigenvalue weighted by atomic mass is 9.84. The van der Waals surface area contributed by atoms with Crippen molar-refractivity contribution in [3.8, 4) is 0 Å². The monoisotopic (exact) mass is 436 g/mol. The quantitative estimate of drug-likeness (QED) is 0.624. The summed E-state index contributed by atoms with van der Waals surface area (Å²) in [6.07, 6.45) is 0.962. The molecular weight excluding hydrogens is 412 g/mol. The molecule has 4 rings (SSSR count). The third-order valence-electron chi connectivity index (χ3n) is 5.61. The molecule has 1 saturated heterocycles. The van der Waals surface area contributed by atoms with Crippen molar-refractivity contribution in [3.63, 3.8) is 0 Å². The molecule has 2 heterocycles. The number of benzene rings is 2. The normalized spacial score (nSPS) is 15.5. The number of nitrogens with one attached hydrogen (secondary N) is 1. The number of halogens is 1. The highest BCUT2D eigenvalue weighted by molar-refractivity contribution is 6.30. The molecule has 1 fully saturated rings. The van der Waals surface area contributed by atoms with E-state index in [1.165, 1.54) is 0 Å². The van der Waals surface area contributed by atoms with Crippen molar-refractivity contribution < 1.29 is 9.90 Å². The Morgan fingerprint density at radius 2 is 1.68 bits per heavy atom. The second-order valence-electron chi connectivity index (χ2n) is 8.01. The lowest BCUT2D eigenvalue weighted by molar-refractivity contribution is -0.0211. The molecule has 2 aromatic carbocycles. The summed E-state index contributed by atoms with van der Waals surface area (Å²) >= 11 is 5.96. The maximum Gasteiger partial charge on any atom is 0.253 e. The summed E-state index contributed by atoms with van der Waals surface area (Å²) in [7, 11) is 0. The molecule has 31 heavy (non-hydrogen) atoms. The largest absolute Gasteiger partial charge is 0.385 e. The lowest BCUT2D eigenvalue weighted by Crippen LogP contribution is -2.45. The number of aryl methyl sites for hydroxylation is 2. The molecule has 1 aromatic heterocycles. The van der Waals surface area contributed by atoms with Gasteiger partial charge in [0.05, 0.1) is 5.60 Å². The predicted octanol–water partition coefficient (Wildman–Crippen LogP) is 4.61. The van der Waals surface area contributed by atoms with Gasteiger partial charge in [0.15, 0.2) is 0 Å². The molecule has 1 aliphatic heterocycles. The number of hydrogen-bond acceptors (Lipinski definition) is 5. The van der Waals surface area contributed by atoms with E-state index in [-0.39, 0.29) is 5.91 Å². The topological polar surface area (TPSA) is 78.4 Å². The number of anilines is 2. The van der Waals surface area contributed by atoms with E-state index in [1.54, 1.807) is 23.1 Å². The van der Waals surface area contributed by atoms with E-state index in [9.17, 15) is 9.90 Å². The summed E-state index contributed by atoms with van der Waals surface area (Å²) in [6.45, 7) is 4.80. The van der Waals surface area contributed by atoms with E-state index in [1.807, 2.05) is 50.2 Å². The van der Waals surface area contributed by atoms with Gasteiger partial charge in [0.1, 0.15) is 0 Å². The molecule has 6 nitrogen and oxygen atoms in total. The molecule has 1 aliphatic rings. The molecule has 0 bridgehead atoms. The van der Waals surface area contributed by atoms with Crippen LogP contribution in [0.2, 0.25) is 5.02 Å². The number of carbonyl (C=O) groups is 1. The number of amides is 1. The molecule has 160 valence electrons. The minimum Gasteiger partial charge on any atom is -0.385 e. The number of aromatic nitrogens is 2. The standard InChI is InChI=1S/C24H25ClN4O2/c1-16-14-17(2)27-23(26-16)28-21-5-3-4-18(15-21)22(30)29-12-10-24(31,11-13-29)19-6-8-20(25)9-7-19/h3-9,14-15,31H,10-13H2,1-2H3,(H,26,27,28). The number of likely N-dealkylation sites (tertiary alicyclic amines) is 1. The van der Waals surface area contributed by atoms with Gasteiger partial charge in [-0.15, -0.1) is 0 Å². The van der Waals surface area contributed by atoms with Crippen LogP contribution in [0.5, 0.6) is 0 Å². The fraction of sp³-hybridized carbons (Fsp3) is 0.292. The Labute approximate surface area is 186 Å². The van der Waals surface area contributed by atoms with Gasteiger partial charge in [-0.2, -0.15) is 0 Å². The molecule has 0 saturated carbocycles. The second-order valence-corrected chi connectivity index (χ2v) is 8.45. The number of hydrogen-bond donors (Lipinski definition) is 2. The molecule has 7 heteroatoms. The van der Waals surface area contributed by atoms with Crippen molar-refractivity contribution in [2.75, 3.05) is 18.4 Å². The van der Waals surface area contributed by atoms with Gasteiger partial charge in [0.25, 0.3) is 5.91 Å². The van der Waals surface area contributed by atoms with E-state index >= 15 is 0 Å². The molecule has 0 radical (unpaired) electrons. The van der Waals surface area contributed by atoms with Crippen molar-refractivity contribution in [3.05, 3.63) is 82.1 Å². The van der Waals surface area contributed by atoms with E-state index < -0.39 is 5.60 Å². The zero-order valence-electron chi connectivity index (χ0n) is 17.6. The summed E-state index contributed by atoms with van der Waals surface area (Å²) in [5.41, 5.74) is 3.00. The second kappa shape index (κ2) is 8.65. The number of carbonyl (C=O) groups excluding carboxylic acids is 1. The molecule has 0 aliphatic carbocycles. The molecule has 2 N–H and O–H groups in total. The highest BCUT2D eigenvalue weighted by Crippen LogP contribution is 2.34. The van der Waals surface area contributed by atoms with Gasteiger partial charge >= 0.3 is 0 Å². The Kier molecular flexibility index (Phi) is 5.94. The predicted molar refractivity (Wildman–Crippen MR) is 122 cm³/mol. The number of rotatable bonds is 4. The average Bonchev–Trinajstić information content (AvgIpc) is 2.74. The summed E-state index contributed by atoms with van der Waals surface area (Å²) < 4.78 is 0. The summed E-state index contributed by atoms with van der Waals surface area (Å²) in [5, 5.41) is 14.9. The zero-order chi connectivity index (χ0) is 22.0. The highest BCUT2D eigenvalue weighted by atomic mass is 35.5. The van der Waals surface area contributed by atoms with Crippen LogP contribution in [0.25, 0.3) is 0 Å². The summed E-state index contributed by atoms with van der Waals surface area (Å²) in [6, 6.07) is 16.5. The minimum atomic E-state index is -0.939. The third kappa shape index (κ3) is 4.86. The average molecular weight is 437 g/mol. The van der Waals surface area contributed by atoms with Crippen LogP contribution in [0, 0.1) is 13.8 Å². The van der Waals surface area contributed by atoms with Crippen molar-refractivity contribution in [1.29, 1.82) is 0 Å². The van der Waals surface area contributed by atoms with Crippen LogP contribution in [0.3, 0.4) is 0 Å². The van der Waals surface area contributed by atoms with Crippen LogP contribution in [0.15, 0.2) is 54.6 Å². The summed E-state index contributed by atoms with van der Waals surface area (Å²) in [5.74, 6) is 0.455. The molecule has 0 atom stereocenters. The van der Waals surface area contributed by atoms with Crippen LogP contribution >= 0.6 is 11.6 Å². The molecule has 3 aromatic rings. The Morgan fingerprint density at radius 1 is 1.03 bits per heavy atom. The molecule has 1 amide bonds. The first-order valence-corrected chi connectivity index (χ1v) is 10.7. The Hall–Kier alpha value is -2.96. The third-order valence-corrected chi connectivity index (χ3v) is 5.86. The van der Waals surface area contributed by atoms with Gasteiger partial charge in [-0.05, 0) is 68.7 Å². The first-order chi connectivity index (χ1) is 14.8. The number of piperidine rings is 1. The van der Waals surface area contributed by atoms with Crippen LogP contribution < -0.4 is 5.32 Å². The van der Waals surface area contributed by atoms with Gasteiger partial charge in [-0.3, -0.25) is 4.79 Å². The molecule has 0 unspecified atom stereocenters. The fourth-order valence-electron chi connectivity index (χ4n) is 3.95. The van der Waals surface area contributed by atoms with E-state index in [0.29, 0.717) is 42.5 Å². The Morgan fingerprint density at radius 3 is 2.32 bits per heavy atom. The van der Waals surface area contributed by atoms with Gasteiger partial charge in [0, 0.05) is 40.8 Å². The van der Waals surface area contributed by atoms with Gasteiger partial charge in [-0.1, -0.05) is 29.8 Å². The number of nitrogens with zero attached hydrogens (tertiary/aromatic N) is 3. The smallest absolute Gasteiger partial charge is 0.253 e. The van der Waals surface area contributed by atoms with Crippen molar-refractivity contribution in [2.24, 2.45) is 0 Å². The fourth-order valence-corrected chi connectivity index (χ4v) is 4.08. The maximum atomic E-state index is 13.1. The van der Waals surface area contributed by atoms with Crippen molar-refractivity contribution >= 4 is 29.1 Å². The number of aliphatic hydroxyl groups is 1. The van der Waals surface area contributed by atoms with Crippen LogP contribution in [-0.4, -0.2) is 39.0 Å². The SMILES string of the molecule is Cc1cc(C)nc(Nc2cccc(C(=O)N3CCC(O)(c4ccc(Cl)cc4)CC3)c2)n1. The lowest BCUT2D eigenvalue weighted by Gasteiger charge is -2.38. The van der Waals surface area contributed by atoms with E-state index in [2.05, 4.69) is 15.3 Å². The maximum absolute atomic E-state index is 13.1. The van der Waals surface area contributed by atoms with Crippen molar-refractivity contribution in [1.82, 2.24) is 14.9 Å². The Balaban J connectivity index is 1.44. The first-order valence-electron chi connectivity index (χ1n) is 10.3.